The number of carbonyl (C=O) groups is 1. The number of likely N-dealkylation sites (tertiary alicyclic amines) is 1. The molecule has 0 bridgehead atoms. The lowest BCUT2D eigenvalue weighted by Crippen LogP contribution is -2.41. The second-order valence-corrected chi connectivity index (χ2v) is 7.06. The number of aryl methyl sites for hydroxylation is 1. The summed E-state index contributed by atoms with van der Waals surface area (Å²) >= 11 is 0. The number of hydrogen-bond acceptors (Lipinski definition) is 6. The van der Waals surface area contributed by atoms with Crippen molar-refractivity contribution in [3.05, 3.63) is 58.1 Å². The number of aliphatic hydroxyl groups is 1. The molecule has 2 aromatic heterocycles. The molecular weight excluding hydrogens is 360 g/mol. The van der Waals surface area contributed by atoms with Crippen LogP contribution in [-0.4, -0.2) is 43.5 Å². The first kappa shape index (κ1) is 18.4. The summed E-state index contributed by atoms with van der Waals surface area (Å²) in [6.07, 6.45) is 3.19. The van der Waals surface area contributed by atoms with Crippen molar-refractivity contribution in [2.45, 2.75) is 38.8 Å². The number of para-hydroxylation sites is 2. The quantitative estimate of drug-likeness (QED) is 0.735. The van der Waals surface area contributed by atoms with E-state index in [-0.39, 0.29) is 25.0 Å². The number of oxazole rings is 1. The molecule has 1 amide bonds. The van der Waals surface area contributed by atoms with E-state index in [4.69, 9.17) is 4.42 Å². The molecule has 0 saturated carbocycles. The number of hydrogen-bond donors (Lipinski definition) is 1. The molecule has 1 aliphatic heterocycles. The molecule has 1 N–H and O–H groups in total. The maximum atomic E-state index is 12.7. The highest BCUT2D eigenvalue weighted by Crippen LogP contribution is 2.29. The molecule has 4 rings (SSSR count). The number of aliphatic hydroxyl groups excluding tert-OH is 1. The van der Waals surface area contributed by atoms with Crippen molar-refractivity contribution in [1.82, 2.24) is 19.4 Å². The Bertz CT molecular complexity index is 1060. The number of aromatic nitrogens is 3. The van der Waals surface area contributed by atoms with Crippen molar-refractivity contribution in [3.8, 4) is 0 Å². The van der Waals surface area contributed by atoms with Crippen molar-refractivity contribution in [2.75, 3.05) is 13.1 Å². The van der Waals surface area contributed by atoms with E-state index in [2.05, 4.69) is 9.97 Å². The van der Waals surface area contributed by atoms with Gasteiger partial charge < -0.3 is 14.4 Å². The lowest BCUT2D eigenvalue weighted by molar-refractivity contribution is -0.132. The minimum atomic E-state index is -0.520. The van der Waals surface area contributed by atoms with Gasteiger partial charge in [-0.3, -0.25) is 9.36 Å². The van der Waals surface area contributed by atoms with E-state index in [1.165, 1.54) is 4.57 Å². The molecule has 0 unspecified atom stereocenters. The second-order valence-electron chi connectivity index (χ2n) is 7.06. The summed E-state index contributed by atoms with van der Waals surface area (Å²) in [5.41, 5.74) is 2.72. The number of amides is 1. The molecule has 0 atom stereocenters. The molecule has 1 aliphatic rings. The van der Waals surface area contributed by atoms with Gasteiger partial charge in [-0.2, -0.15) is 0 Å². The van der Waals surface area contributed by atoms with E-state index < -0.39 is 5.76 Å². The van der Waals surface area contributed by atoms with Gasteiger partial charge in [-0.25, -0.2) is 14.8 Å². The summed E-state index contributed by atoms with van der Waals surface area (Å²) < 4.78 is 6.57. The van der Waals surface area contributed by atoms with Crippen LogP contribution in [0.25, 0.3) is 11.1 Å². The van der Waals surface area contributed by atoms with Crippen LogP contribution in [0.1, 0.15) is 35.8 Å². The summed E-state index contributed by atoms with van der Waals surface area (Å²) in [4.78, 5) is 35.3. The van der Waals surface area contributed by atoms with E-state index >= 15 is 0 Å². The Hall–Kier alpha value is -3.00. The van der Waals surface area contributed by atoms with Gasteiger partial charge in [0.25, 0.3) is 0 Å². The highest BCUT2D eigenvalue weighted by Gasteiger charge is 2.27. The van der Waals surface area contributed by atoms with Crippen molar-refractivity contribution in [3.63, 3.8) is 0 Å². The number of piperidine rings is 1. The first-order chi connectivity index (χ1) is 13.6. The summed E-state index contributed by atoms with van der Waals surface area (Å²) in [6, 6.07) is 7.09. The largest absolute Gasteiger partial charge is 0.420 e. The molecule has 1 aromatic carbocycles. The second kappa shape index (κ2) is 7.55. The molecule has 1 saturated heterocycles. The Morgan fingerprint density at radius 3 is 2.79 bits per heavy atom. The van der Waals surface area contributed by atoms with Crippen LogP contribution in [0.15, 0.2) is 39.7 Å². The molecule has 28 heavy (non-hydrogen) atoms. The van der Waals surface area contributed by atoms with Gasteiger partial charge in [-0.05, 0) is 31.9 Å². The molecule has 146 valence electrons. The zero-order valence-corrected chi connectivity index (χ0v) is 15.7. The van der Waals surface area contributed by atoms with Crippen LogP contribution >= 0.6 is 0 Å². The number of rotatable bonds is 4. The van der Waals surface area contributed by atoms with Gasteiger partial charge in [-0.15, -0.1) is 0 Å². The topological polar surface area (TPSA) is 101 Å². The normalized spacial score (nSPS) is 15.3. The first-order valence-corrected chi connectivity index (χ1v) is 9.36. The Morgan fingerprint density at radius 1 is 1.29 bits per heavy atom. The minimum absolute atomic E-state index is 0.0327. The number of nitrogens with zero attached hydrogens (tertiary/aromatic N) is 4. The maximum Gasteiger partial charge on any atom is 0.420 e. The monoisotopic (exact) mass is 382 g/mol. The zero-order valence-electron chi connectivity index (χ0n) is 15.7. The van der Waals surface area contributed by atoms with Crippen molar-refractivity contribution in [1.29, 1.82) is 0 Å². The third-order valence-electron chi connectivity index (χ3n) is 5.29. The fourth-order valence-corrected chi connectivity index (χ4v) is 3.79. The molecule has 3 aromatic rings. The van der Waals surface area contributed by atoms with E-state index in [0.29, 0.717) is 30.0 Å². The van der Waals surface area contributed by atoms with E-state index in [1.54, 1.807) is 29.3 Å². The number of benzene rings is 1. The van der Waals surface area contributed by atoms with Crippen LogP contribution in [0.2, 0.25) is 0 Å². The van der Waals surface area contributed by atoms with Crippen LogP contribution in [0.3, 0.4) is 0 Å². The van der Waals surface area contributed by atoms with E-state index in [1.807, 2.05) is 13.0 Å². The zero-order chi connectivity index (χ0) is 19.7. The number of carbonyl (C=O) groups excluding carboxylic acids is 1. The molecule has 3 heterocycles. The molecule has 0 spiro atoms. The van der Waals surface area contributed by atoms with Crippen LogP contribution in [0.5, 0.6) is 0 Å². The average molecular weight is 382 g/mol. The molecular formula is C20H22N4O4. The Kier molecular flexibility index (Phi) is 4.95. The van der Waals surface area contributed by atoms with Gasteiger partial charge in [-0.1, -0.05) is 12.1 Å². The highest BCUT2D eigenvalue weighted by molar-refractivity contribution is 5.79. The lowest BCUT2D eigenvalue weighted by Gasteiger charge is -2.32. The van der Waals surface area contributed by atoms with Crippen molar-refractivity contribution in [2.24, 2.45) is 0 Å². The molecule has 8 heteroatoms. The standard InChI is InChI=1S/C20H22N4O4/c1-13-21-10-15(12-25)19(22-13)14-6-8-23(9-7-14)18(26)11-24-16-4-2-3-5-17(16)28-20(24)27/h2-5,10,14,25H,6-9,11-12H2,1H3. The maximum absolute atomic E-state index is 12.7. The Balaban J connectivity index is 1.45. The molecule has 0 aliphatic carbocycles. The SMILES string of the molecule is Cc1ncc(CO)c(C2CCN(C(=O)Cn3c(=O)oc4ccccc43)CC2)n1. The predicted molar refractivity (Wildman–Crippen MR) is 102 cm³/mol. The molecule has 1 fully saturated rings. The Labute approximate surface area is 161 Å². The van der Waals surface area contributed by atoms with Gasteiger partial charge in [0, 0.05) is 30.8 Å². The van der Waals surface area contributed by atoms with Gasteiger partial charge >= 0.3 is 5.76 Å². The van der Waals surface area contributed by atoms with Crippen LogP contribution < -0.4 is 5.76 Å². The fourth-order valence-electron chi connectivity index (χ4n) is 3.79. The van der Waals surface area contributed by atoms with Crippen molar-refractivity contribution < 1.29 is 14.3 Å². The summed E-state index contributed by atoms with van der Waals surface area (Å²) in [6.45, 7) is 2.88. The van der Waals surface area contributed by atoms with Gasteiger partial charge in [0.2, 0.25) is 5.91 Å². The van der Waals surface area contributed by atoms with Crippen LogP contribution in [0, 0.1) is 6.92 Å². The van der Waals surface area contributed by atoms with Gasteiger partial charge in [0.1, 0.15) is 12.4 Å². The number of fused-ring (bicyclic) bond motifs is 1. The highest BCUT2D eigenvalue weighted by atomic mass is 16.4. The minimum Gasteiger partial charge on any atom is -0.408 e. The first-order valence-electron chi connectivity index (χ1n) is 9.36. The molecule has 0 radical (unpaired) electrons. The summed E-state index contributed by atoms with van der Waals surface area (Å²) in [5.74, 6) is 0.240. The van der Waals surface area contributed by atoms with Gasteiger partial charge in [0.15, 0.2) is 5.58 Å². The van der Waals surface area contributed by atoms with Gasteiger partial charge in [0.05, 0.1) is 17.8 Å². The summed E-state index contributed by atoms with van der Waals surface area (Å²) in [7, 11) is 0. The Morgan fingerprint density at radius 2 is 2.04 bits per heavy atom. The smallest absolute Gasteiger partial charge is 0.408 e. The molecule has 8 nitrogen and oxygen atoms in total. The average Bonchev–Trinajstić information content (AvgIpc) is 3.03. The van der Waals surface area contributed by atoms with E-state index in [9.17, 15) is 14.7 Å². The fraction of sp³-hybridized carbons (Fsp3) is 0.400. The predicted octanol–water partition coefficient (Wildman–Crippen LogP) is 1.59. The lowest BCUT2D eigenvalue weighted by atomic mass is 9.91. The van der Waals surface area contributed by atoms with Crippen molar-refractivity contribution >= 4 is 17.0 Å². The summed E-state index contributed by atoms with van der Waals surface area (Å²) in [5, 5.41) is 9.55. The van der Waals surface area contributed by atoms with Crippen LogP contribution in [-0.2, 0) is 17.9 Å². The van der Waals surface area contributed by atoms with Crippen LogP contribution in [0.4, 0.5) is 0 Å². The third kappa shape index (κ3) is 3.43. The van der Waals surface area contributed by atoms with E-state index in [0.717, 1.165) is 24.1 Å². The third-order valence-corrected chi connectivity index (χ3v) is 5.29.